The molecule has 2 atom stereocenters. The molecule has 1 aromatic rings. The molecule has 2 aliphatic rings. The Morgan fingerprint density at radius 3 is 2.81 bits per heavy atom. The number of primary amides is 1. The summed E-state index contributed by atoms with van der Waals surface area (Å²) >= 11 is 0. The van der Waals surface area contributed by atoms with Crippen LogP contribution in [0.15, 0.2) is 6.20 Å². The van der Waals surface area contributed by atoms with Crippen LogP contribution < -0.4 is 5.73 Å². The third-order valence-corrected chi connectivity index (χ3v) is 3.82. The third kappa shape index (κ3) is 1.95. The minimum absolute atomic E-state index is 0.000648. The number of rotatable bonds is 3. The van der Waals surface area contributed by atoms with E-state index in [-0.39, 0.29) is 6.54 Å². The fourth-order valence-electron chi connectivity index (χ4n) is 2.72. The Kier molecular flexibility index (Phi) is 2.73. The number of aromatic nitrogens is 2. The van der Waals surface area contributed by atoms with Crippen LogP contribution in [0.3, 0.4) is 0 Å². The summed E-state index contributed by atoms with van der Waals surface area (Å²) in [6, 6.07) is -2.76. The molecule has 0 aliphatic carbocycles. The molecule has 2 aliphatic heterocycles. The highest BCUT2D eigenvalue weighted by atomic mass is 32.3. The standard InChI is InChI=1S/C9H11N5O6S/c1-12-6-4(2-11-12)5-3-13(7(6)8(10)15)9(16)14(5)20-21(17,18)19/h2,5,7H,3H2,1H3,(H2,10,15)(H,17,18,19)/t5-,7-/m0/s1. The number of amides is 3. The van der Waals surface area contributed by atoms with Gasteiger partial charge in [0.1, 0.15) is 6.04 Å². The van der Waals surface area contributed by atoms with Crippen molar-refractivity contribution in [2.45, 2.75) is 12.1 Å². The van der Waals surface area contributed by atoms with Crippen LogP contribution in [0.2, 0.25) is 0 Å². The van der Waals surface area contributed by atoms with E-state index < -0.39 is 34.4 Å². The molecule has 0 spiro atoms. The van der Waals surface area contributed by atoms with Crippen LogP contribution in [-0.4, -0.2) is 51.2 Å². The lowest BCUT2D eigenvalue weighted by atomic mass is 9.98. The molecule has 1 fully saturated rings. The zero-order chi connectivity index (χ0) is 15.5. The Labute approximate surface area is 118 Å². The first-order valence-corrected chi connectivity index (χ1v) is 7.15. The highest BCUT2D eigenvalue weighted by molar-refractivity contribution is 7.80. The molecule has 11 nitrogen and oxygen atoms in total. The molecular weight excluding hydrogens is 306 g/mol. The zero-order valence-corrected chi connectivity index (χ0v) is 11.5. The molecule has 2 bridgehead atoms. The van der Waals surface area contributed by atoms with Crippen LogP contribution in [-0.2, 0) is 26.5 Å². The molecule has 0 saturated carbocycles. The average molecular weight is 317 g/mol. The summed E-state index contributed by atoms with van der Waals surface area (Å²) in [4.78, 5) is 24.9. The number of carbonyl (C=O) groups excluding carboxylic acids is 2. The van der Waals surface area contributed by atoms with E-state index in [9.17, 15) is 18.0 Å². The summed E-state index contributed by atoms with van der Waals surface area (Å²) in [5, 5.41) is 4.48. The van der Waals surface area contributed by atoms with Gasteiger partial charge in [0.25, 0.3) is 0 Å². The lowest BCUT2D eigenvalue weighted by Gasteiger charge is -2.28. The van der Waals surface area contributed by atoms with E-state index in [1.54, 1.807) is 7.05 Å². The van der Waals surface area contributed by atoms with Crippen molar-refractivity contribution in [1.29, 1.82) is 0 Å². The van der Waals surface area contributed by atoms with Crippen molar-refractivity contribution in [1.82, 2.24) is 19.7 Å². The molecule has 0 unspecified atom stereocenters. The molecule has 0 radical (unpaired) electrons. The molecule has 12 heteroatoms. The SMILES string of the molecule is Cn1ncc2c1[C@@H](C(N)=O)N1C[C@@H]2N(OS(=O)(=O)O)C1=O. The number of nitrogens with zero attached hydrogens (tertiary/aromatic N) is 4. The molecular formula is C9H11N5O6S. The Balaban J connectivity index is 2.12. The van der Waals surface area contributed by atoms with Crippen LogP contribution >= 0.6 is 0 Å². The van der Waals surface area contributed by atoms with Gasteiger partial charge >= 0.3 is 16.4 Å². The number of nitrogens with two attached hydrogens (primary N) is 1. The van der Waals surface area contributed by atoms with Crippen molar-refractivity contribution in [2.24, 2.45) is 12.8 Å². The molecule has 3 rings (SSSR count). The van der Waals surface area contributed by atoms with E-state index in [0.717, 1.165) is 4.90 Å². The quantitative estimate of drug-likeness (QED) is 0.642. The lowest BCUT2D eigenvalue weighted by molar-refractivity contribution is -0.122. The van der Waals surface area contributed by atoms with E-state index in [2.05, 4.69) is 9.38 Å². The Morgan fingerprint density at radius 1 is 1.57 bits per heavy atom. The molecule has 1 saturated heterocycles. The number of hydroxylamine groups is 2. The number of aryl methyl sites for hydroxylation is 1. The van der Waals surface area contributed by atoms with Gasteiger partial charge in [-0.2, -0.15) is 18.6 Å². The summed E-state index contributed by atoms with van der Waals surface area (Å²) in [5.74, 6) is -0.777. The molecule has 21 heavy (non-hydrogen) atoms. The van der Waals surface area contributed by atoms with E-state index >= 15 is 0 Å². The lowest BCUT2D eigenvalue weighted by Crippen LogP contribution is -2.42. The van der Waals surface area contributed by atoms with Gasteiger partial charge in [0.2, 0.25) is 5.91 Å². The Morgan fingerprint density at radius 2 is 2.24 bits per heavy atom. The maximum absolute atomic E-state index is 12.2. The number of urea groups is 1. The average Bonchev–Trinajstić information content (AvgIpc) is 2.84. The second-order valence-electron chi connectivity index (χ2n) is 4.69. The van der Waals surface area contributed by atoms with Gasteiger partial charge in [-0.3, -0.25) is 14.0 Å². The Hall–Kier alpha value is -2.18. The predicted octanol–water partition coefficient (Wildman–Crippen LogP) is -1.53. The molecule has 114 valence electrons. The zero-order valence-electron chi connectivity index (χ0n) is 10.7. The number of fused-ring (bicyclic) bond motifs is 4. The van der Waals surface area contributed by atoms with Crippen LogP contribution in [0, 0.1) is 0 Å². The third-order valence-electron chi connectivity index (χ3n) is 3.48. The predicted molar refractivity (Wildman–Crippen MR) is 64.5 cm³/mol. The van der Waals surface area contributed by atoms with Crippen LogP contribution in [0.4, 0.5) is 4.79 Å². The van der Waals surface area contributed by atoms with E-state index in [1.807, 2.05) is 0 Å². The summed E-state index contributed by atoms with van der Waals surface area (Å²) in [6.07, 6.45) is 1.40. The number of hydrogen-bond donors (Lipinski definition) is 2. The van der Waals surface area contributed by atoms with Gasteiger partial charge in [-0.15, -0.1) is 4.28 Å². The van der Waals surface area contributed by atoms with Gasteiger partial charge in [0.05, 0.1) is 18.4 Å². The van der Waals surface area contributed by atoms with Gasteiger partial charge < -0.3 is 10.6 Å². The van der Waals surface area contributed by atoms with Crippen molar-refractivity contribution in [3.8, 4) is 0 Å². The second kappa shape index (κ2) is 4.16. The Bertz CT molecular complexity index is 742. The molecule has 3 N–H and O–H groups in total. The van der Waals surface area contributed by atoms with Gasteiger partial charge in [-0.1, -0.05) is 0 Å². The summed E-state index contributed by atoms with van der Waals surface area (Å²) in [5.41, 5.74) is 6.15. The monoisotopic (exact) mass is 317 g/mol. The fourth-order valence-corrected chi connectivity index (χ4v) is 3.09. The molecule has 3 heterocycles. The van der Waals surface area contributed by atoms with E-state index in [4.69, 9.17) is 10.3 Å². The maximum Gasteiger partial charge on any atom is 0.418 e. The number of hydrogen-bond acceptors (Lipinski definition) is 6. The van der Waals surface area contributed by atoms with Crippen molar-refractivity contribution in [2.75, 3.05) is 6.54 Å². The minimum atomic E-state index is -4.88. The normalized spacial score (nSPS) is 24.4. The highest BCUT2D eigenvalue weighted by Crippen LogP contribution is 2.43. The first-order chi connectivity index (χ1) is 9.70. The summed E-state index contributed by atoms with van der Waals surface area (Å²) in [7, 11) is -3.31. The first kappa shape index (κ1) is 13.8. The minimum Gasteiger partial charge on any atom is -0.368 e. The molecule has 3 amide bonds. The van der Waals surface area contributed by atoms with Crippen molar-refractivity contribution in [3.05, 3.63) is 17.5 Å². The van der Waals surface area contributed by atoms with Gasteiger partial charge in [0, 0.05) is 12.6 Å². The smallest absolute Gasteiger partial charge is 0.368 e. The van der Waals surface area contributed by atoms with Crippen molar-refractivity contribution < 1.29 is 26.8 Å². The fraction of sp³-hybridized carbons (Fsp3) is 0.444. The van der Waals surface area contributed by atoms with Gasteiger partial charge in [0.15, 0.2) is 6.04 Å². The van der Waals surface area contributed by atoms with Gasteiger partial charge in [-0.25, -0.2) is 4.79 Å². The topological polar surface area (TPSA) is 148 Å². The van der Waals surface area contributed by atoms with Crippen LogP contribution in [0.5, 0.6) is 0 Å². The number of carbonyl (C=O) groups is 2. The van der Waals surface area contributed by atoms with Crippen LogP contribution in [0.25, 0.3) is 0 Å². The highest BCUT2D eigenvalue weighted by Gasteiger charge is 2.53. The van der Waals surface area contributed by atoms with Crippen molar-refractivity contribution >= 4 is 22.3 Å². The molecule has 0 aromatic carbocycles. The van der Waals surface area contributed by atoms with Crippen molar-refractivity contribution in [3.63, 3.8) is 0 Å². The van der Waals surface area contributed by atoms with Gasteiger partial charge in [-0.05, 0) is 0 Å². The van der Waals surface area contributed by atoms with E-state index in [0.29, 0.717) is 16.3 Å². The largest absolute Gasteiger partial charge is 0.418 e. The summed E-state index contributed by atoms with van der Waals surface area (Å²) in [6.45, 7) is 0.000648. The summed E-state index contributed by atoms with van der Waals surface area (Å²) < 4.78 is 36.2. The van der Waals surface area contributed by atoms with E-state index in [1.165, 1.54) is 10.9 Å². The maximum atomic E-state index is 12.2. The second-order valence-corrected chi connectivity index (χ2v) is 5.70. The van der Waals surface area contributed by atoms with Crippen LogP contribution in [0.1, 0.15) is 23.3 Å². The molecule has 1 aromatic heterocycles. The first-order valence-electron chi connectivity index (χ1n) is 5.78.